The normalized spacial score (nSPS) is 24.2. The summed E-state index contributed by atoms with van der Waals surface area (Å²) in [5.74, 6) is -0.208. The molecule has 3 aromatic rings. The van der Waals surface area contributed by atoms with E-state index in [0.29, 0.717) is 27.3 Å². The molecule has 174 valence electrons. The summed E-state index contributed by atoms with van der Waals surface area (Å²) in [6.45, 7) is 2.90. The van der Waals surface area contributed by atoms with E-state index in [9.17, 15) is 14.7 Å². The van der Waals surface area contributed by atoms with Crippen LogP contribution in [-0.4, -0.2) is 53.6 Å². The highest BCUT2D eigenvalue weighted by Crippen LogP contribution is 2.40. The van der Waals surface area contributed by atoms with E-state index in [1.807, 2.05) is 53.2 Å². The summed E-state index contributed by atoms with van der Waals surface area (Å²) in [7, 11) is 0. The molecule has 5 nitrogen and oxygen atoms in total. The quantitative estimate of drug-likeness (QED) is 0.273. The number of ketones is 1. The van der Waals surface area contributed by atoms with Crippen molar-refractivity contribution in [1.82, 2.24) is 0 Å². The zero-order valence-corrected chi connectivity index (χ0v) is 21.3. The molecule has 0 spiro atoms. The number of ether oxygens (including phenoxy) is 1. The van der Waals surface area contributed by atoms with Crippen LogP contribution < -0.4 is 17.0 Å². The number of halogens is 1. The number of nitrogens with zero attached hydrogens (tertiary/aromatic N) is 1. The molecule has 0 amide bonds. The second kappa shape index (κ2) is 9.80. The highest BCUT2D eigenvalue weighted by atomic mass is 79.9. The van der Waals surface area contributed by atoms with Crippen LogP contribution in [0.15, 0.2) is 65.4 Å². The molecule has 1 N–H and O–H groups in total. The summed E-state index contributed by atoms with van der Waals surface area (Å²) in [4.78, 5) is 27.5. The maximum atomic E-state index is 13.4. The third-order valence-electron chi connectivity index (χ3n) is 6.93. The third kappa shape index (κ3) is 4.59. The second-order valence-corrected chi connectivity index (χ2v) is 10.8. The van der Waals surface area contributed by atoms with Gasteiger partial charge in [0, 0.05) is 24.3 Å². The van der Waals surface area contributed by atoms with Crippen molar-refractivity contribution in [1.29, 1.82) is 0 Å². The minimum Gasteiger partial charge on any atom is -1.00 e. The van der Waals surface area contributed by atoms with E-state index < -0.39 is 11.6 Å². The Morgan fingerprint density at radius 1 is 0.970 bits per heavy atom. The molecule has 3 aliphatic rings. The van der Waals surface area contributed by atoms with E-state index in [1.54, 1.807) is 12.1 Å². The SMILES string of the molecule is O=C(C[N+]12CCC(CC1)[C@@H](OC(=O)C(O)(c1cccs1)c1cccs1)C2)c1ccccc1.[Br-]. The van der Waals surface area contributed by atoms with Crippen molar-refractivity contribution >= 4 is 34.4 Å². The summed E-state index contributed by atoms with van der Waals surface area (Å²) in [6.07, 6.45) is 1.56. The third-order valence-corrected chi connectivity index (χ3v) is 8.88. The lowest BCUT2D eigenvalue weighted by atomic mass is 9.82. The van der Waals surface area contributed by atoms with Crippen LogP contribution in [0.4, 0.5) is 0 Å². The van der Waals surface area contributed by atoms with Crippen LogP contribution in [0.3, 0.4) is 0 Å². The van der Waals surface area contributed by atoms with Gasteiger partial charge in [-0.25, -0.2) is 4.79 Å². The molecular formula is C25H26BrNO4S2. The van der Waals surface area contributed by atoms with Crippen molar-refractivity contribution in [2.75, 3.05) is 26.2 Å². The first kappa shape index (κ1) is 24.3. The van der Waals surface area contributed by atoms with Crippen molar-refractivity contribution in [3.63, 3.8) is 0 Å². The number of benzene rings is 1. The van der Waals surface area contributed by atoms with Crippen molar-refractivity contribution in [2.45, 2.75) is 24.5 Å². The van der Waals surface area contributed by atoms with Gasteiger partial charge < -0.3 is 31.3 Å². The monoisotopic (exact) mass is 547 g/mol. The number of piperidine rings is 3. The lowest BCUT2D eigenvalue weighted by Gasteiger charge is -2.51. The number of esters is 1. The largest absolute Gasteiger partial charge is 1.00 e. The number of carbonyl (C=O) groups is 2. The Hall–Kier alpha value is -1.84. The van der Waals surface area contributed by atoms with Gasteiger partial charge in [-0.1, -0.05) is 42.5 Å². The van der Waals surface area contributed by atoms with Crippen molar-refractivity contribution < 1.29 is 40.9 Å². The summed E-state index contributed by atoms with van der Waals surface area (Å²) in [5, 5.41) is 15.3. The molecule has 1 atom stereocenters. The van der Waals surface area contributed by atoms with Crippen LogP contribution in [0.5, 0.6) is 0 Å². The smallest absolute Gasteiger partial charge is 0.349 e. The first-order chi connectivity index (χ1) is 15.5. The maximum Gasteiger partial charge on any atom is 0.349 e. The molecule has 0 saturated carbocycles. The Morgan fingerprint density at radius 2 is 1.58 bits per heavy atom. The summed E-state index contributed by atoms with van der Waals surface area (Å²) < 4.78 is 6.70. The zero-order chi connectivity index (χ0) is 22.2. The summed E-state index contributed by atoms with van der Waals surface area (Å²) in [5.41, 5.74) is -1.06. The van der Waals surface area contributed by atoms with Crippen molar-refractivity contribution in [3.05, 3.63) is 80.7 Å². The first-order valence-electron chi connectivity index (χ1n) is 10.9. The van der Waals surface area contributed by atoms with Gasteiger partial charge in [0.25, 0.3) is 0 Å². The Kier molecular flexibility index (Phi) is 7.21. The number of hydrogen-bond acceptors (Lipinski definition) is 6. The molecule has 2 bridgehead atoms. The van der Waals surface area contributed by atoms with Crippen LogP contribution in [-0.2, 0) is 15.1 Å². The molecule has 3 aliphatic heterocycles. The minimum absolute atomic E-state index is 0. The van der Waals surface area contributed by atoms with Crippen LogP contribution >= 0.6 is 22.7 Å². The predicted octanol–water partition coefficient (Wildman–Crippen LogP) is 1.08. The average Bonchev–Trinajstić information content (AvgIpc) is 3.54. The molecule has 5 heterocycles. The van der Waals surface area contributed by atoms with Gasteiger partial charge in [0.05, 0.1) is 22.8 Å². The number of carbonyl (C=O) groups excluding carboxylic acids is 2. The fraction of sp³-hybridized carbons (Fsp3) is 0.360. The number of rotatable bonds is 7. The molecule has 2 aromatic heterocycles. The maximum absolute atomic E-state index is 13.4. The molecule has 33 heavy (non-hydrogen) atoms. The predicted molar refractivity (Wildman–Crippen MR) is 125 cm³/mol. The van der Waals surface area contributed by atoms with Crippen LogP contribution in [0.25, 0.3) is 0 Å². The highest BCUT2D eigenvalue weighted by molar-refractivity contribution is 7.12. The van der Waals surface area contributed by atoms with Gasteiger partial charge in [0.2, 0.25) is 11.4 Å². The van der Waals surface area contributed by atoms with Gasteiger partial charge >= 0.3 is 5.97 Å². The number of hydrogen-bond donors (Lipinski definition) is 1. The van der Waals surface area contributed by atoms with Crippen molar-refractivity contribution in [2.24, 2.45) is 5.92 Å². The minimum atomic E-state index is -1.79. The topological polar surface area (TPSA) is 63.6 Å². The van der Waals surface area contributed by atoms with Gasteiger partial charge in [-0.05, 0) is 22.9 Å². The van der Waals surface area contributed by atoms with E-state index >= 15 is 0 Å². The van der Waals surface area contributed by atoms with E-state index in [0.717, 1.165) is 31.5 Å². The van der Waals surface area contributed by atoms with E-state index in [2.05, 4.69) is 0 Å². The number of quaternary nitrogens is 1. The lowest BCUT2D eigenvalue weighted by Crippen LogP contribution is -3.00. The van der Waals surface area contributed by atoms with Gasteiger partial charge in [0.1, 0.15) is 13.1 Å². The molecular weight excluding hydrogens is 522 g/mol. The molecule has 3 saturated heterocycles. The Labute approximate surface area is 212 Å². The number of Topliss-reactive ketones (excluding diaryl/α,β-unsaturated/α-hetero) is 1. The summed E-state index contributed by atoms with van der Waals surface area (Å²) in [6, 6.07) is 16.6. The fourth-order valence-corrected chi connectivity index (χ4v) is 6.83. The standard InChI is InChI=1S/C25H26NO4S2.BrH/c27-20(18-6-2-1-3-7-18)16-26-12-10-19(11-13-26)21(17-26)30-24(28)25(29,22-8-4-14-31-22)23-9-5-15-32-23;/h1-9,14-15,19,21,29H,10-13,16-17H2;1H/q+1;/p-1/t19?,21-,26?;/m0./s1. The van der Waals surface area contributed by atoms with Gasteiger partial charge in [-0.2, -0.15) is 0 Å². The molecule has 0 aliphatic carbocycles. The Balaban J connectivity index is 0.00000259. The van der Waals surface area contributed by atoms with E-state index in [-0.39, 0.29) is 34.8 Å². The summed E-state index contributed by atoms with van der Waals surface area (Å²) >= 11 is 2.69. The van der Waals surface area contributed by atoms with Crippen molar-refractivity contribution in [3.8, 4) is 0 Å². The molecule has 8 heteroatoms. The first-order valence-corrected chi connectivity index (χ1v) is 12.7. The number of thiophene rings is 2. The molecule has 0 unspecified atom stereocenters. The molecule has 6 rings (SSSR count). The fourth-order valence-electron chi connectivity index (χ4n) is 5.11. The average molecular weight is 549 g/mol. The zero-order valence-electron chi connectivity index (χ0n) is 18.1. The Morgan fingerprint density at radius 3 is 2.12 bits per heavy atom. The lowest BCUT2D eigenvalue weighted by molar-refractivity contribution is -0.938. The molecule has 1 aromatic carbocycles. The van der Waals surface area contributed by atoms with Gasteiger partial charge in [0.15, 0.2) is 6.10 Å². The number of fused-ring (bicyclic) bond motifs is 3. The second-order valence-electron chi connectivity index (χ2n) is 8.86. The van der Waals surface area contributed by atoms with Gasteiger partial charge in [-0.3, -0.25) is 4.79 Å². The van der Waals surface area contributed by atoms with Crippen LogP contribution in [0.1, 0.15) is 33.0 Å². The molecule has 3 fully saturated rings. The highest BCUT2D eigenvalue weighted by Gasteiger charge is 2.51. The van der Waals surface area contributed by atoms with Gasteiger partial charge in [-0.15, -0.1) is 22.7 Å². The van der Waals surface area contributed by atoms with Crippen LogP contribution in [0.2, 0.25) is 0 Å². The Bertz CT molecular complexity index is 1040. The van der Waals surface area contributed by atoms with Crippen LogP contribution in [0, 0.1) is 5.92 Å². The molecule has 0 radical (unpaired) electrons. The number of aliphatic hydroxyl groups is 1. The van der Waals surface area contributed by atoms with E-state index in [1.165, 1.54) is 22.7 Å². The van der Waals surface area contributed by atoms with E-state index in [4.69, 9.17) is 4.74 Å².